The molecule has 1 saturated carbocycles. The number of anilines is 3. The summed E-state index contributed by atoms with van der Waals surface area (Å²) in [5.74, 6) is 0.453. The number of amides is 1. The Hall–Kier alpha value is -4.25. The van der Waals surface area contributed by atoms with Crippen molar-refractivity contribution in [1.82, 2.24) is 15.1 Å². The molecular formula is C24H22N6O4S. The Balaban J connectivity index is 1.30. The zero-order chi connectivity index (χ0) is 24.6. The second kappa shape index (κ2) is 8.51. The highest BCUT2D eigenvalue weighted by Crippen LogP contribution is 2.45. The van der Waals surface area contributed by atoms with Crippen LogP contribution in [-0.2, 0) is 14.8 Å². The van der Waals surface area contributed by atoms with Crippen LogP contribution in [0.15, 0.2) is 76.3 Å². The van der Waals surface area contributed by atoms with Crippen molar-refractivity contribution in [2.45, 2.75) is 24.7 Å². The maximum absolute atomic E-state index is 12.9. The van der Waals surface area contributed by atoms with Crippen molar-refractivity contribution in [3.63, 3.8) is 0 Å². The lowest BCUT2D eigenvalue weighted by atomic mass is 10.1. The number of carbonyl (C=O) groups is 1. The topological polar surface area (TPSA) is 153 Å². The molecule has 2 aromatic carbocycles. The molecule has 178 valence electrons. The van der Waals surface area contributed by atoms with Gasteiger partial charge in [0.05, 0.1) is 22.5 Å². The van der Waals surface area contributed by atoms with Gasteiger partial charge in [-0.15, -0.1) is 0 Å². The van der Waals surface area contributed by atoms with E-state index in [0.29, 0.717) is 34.1 Å². The first-order valence-corrected chi connectivity index (χ1v) is 12.3. The van der Waals surface area contributed by atoms with Crippen LogP contribution in [-0.4, -0.2) is 29.4 Å². The number of rotatable bonds is 7. The van der Waals surface area contributed by atoms with Crippen molar-refractivity contribution in [3.05, 3.63) is 66.9 Å². The molecule has 5 rings (SSSR count). The normalized spacial score (nSPS) is 14.3. The number of pyridine rings is 1. The Bertz CT molecular complexity index is 1490. The van der Waals surface area contributed by atoms with Crippen LogP contribution in [0, 0.1) is 5.41 Å². The van der Waals surface area contributed by atoms with Crippen LogP contribution in [0.5, 0.6) is 0 Å². The molecule has 1 fully saturated rings. The molecule has 1 amide bonds. The van der Waals surface area contributed by atoms with Crippen molar-refractivity contribution >= 4 is 33.0 Å². The molecule has 0 saturated heterocycles. The van der Waals surface area contributed by atoms with Crippen LogP contribution in [0.4, 0.5) is 17.1 Å². The van der Waals surface area contributed by atoms with Gasteiger partial charge in [-0.25, -0.2) is 13.4 Å². The maximum Gasteiger partial charge on any atom is 0.276 e. The highest BCUT2D eigenvalue weighted by atomic mass is 32.2. The molecule has 0 unspecified atom stereocenters. The first kappa shape index (κ1) is 22.5. The second-order valence-corrected chi connectivity index (χ2v) is 10.3. The van der Waals surface area contributed by atoms with Gasteiger partial charge in [0, 0.05) is 16.7 Å². The van der Waals surface area contributed by atoms with Crippen LogP contribution < -0.4 is 15.8 Å². The summed E-state index contributed by atoms with van der Waals surface area (Å²) < 4.78 is 33.6. The summed E-state index contributed by atoms with van der Waals surface area (Å²) in [7, 11) is -3.86. The fourth-order valence-corrected chi connectivity index (χ4v) is 4.38. The first-order chi connectivity index (χ1) is 16.7. The van der Waals surface area contributed by atoms with Crippen molar-refractivity contribution < 1.29 is 17.7 Å². The molecule has 10 nitrogen and oxygen atoms in total. The minimum Gasteiger partial charge on any atom is -0.397 e. The Kier molecular flexibility index (Phi) is 5.48. The predicted octanol–water partition coefficient (Wildman–Crippen LogP) is 3.92. The summed E-state index contributed by atoms with van der Waals surface area (Å²) in [4.78, 5) is 20.8. The Morgan fingerprint density at radius 2 is 1.80 bits per heavy atom. The van der Waals surface area contributed by atoms with Gasteiger partial charge in [-0.2, -0.15) is 4.98 Å². The Morgan fingerprint density at radius 3 is 2.49 bits per heavy atom. The quantitative estimate of drug-likeness (QED) is 0.352. The Morgan fingerprint density at radius 1 is 1.06 bits per heavy atom. The van der Waals surface area contributed by atoms with Crippen molar-refractivity contribution in [2.75, 3.05) is 15.8 Å². The molecule has 2 aromatic heterocycles. The van der Waals surface area contributed by atoms with Crippen molar-refractivity contribution in [2.24, 2.45) is 5.41 Å². The monoisotopic (exact) mass is 490 g/mol. The summed E-state index contributed by atoms with van der Waals surface area (Å²) >= 11 is 0. The molecule has 4 N–H and O–H groups in total. The van der Waals surface area contributed by atoms with Crippen LogP contribution in [0.25, 0.3) is 23.0 Å². The Labute approximate surface area is 201 Å². The number of carbonyl (C=O) groups excluding carboxylic acids is 1. The van der Waals surface area contributed by atoms with Gasteiger partial charge < -0.3 is 15.6 Å². The highest BCUT2D eigenvalue weighted by Gasteiger charge is 2.44. The lowest BCUT2D eigenvalue weighted by Gasteiger charge is -2.12. The summed E-state index contributed by atoms with van der Waals surface area (Å²) in [5.41, 5.74) is 7.75. The fourth-order valence-electron chi connectivity index (χ4n) is 3.33. The van der Waals surface area contributed by atoms with Gasteiger partial charge in [0.1, 0.15) is 5.69 Å². The van der Waals surface area contributed by atoms with Crippen LogP contribution in [0.3, 0.4) is 0 Å². The largest absolute Gasteiger partial charge is 0.397 e. The molecular weight excluding hydrogens is 468 g/mol. The maximum atomic E-state index is 12.9. The van der Waals surface area contributed by atoms with Crippen molar-refractivity contribution in [3.8, 4) is 23.0 Å². The van der Waals surface area contributed by atoms with Gasteiger partial charge in [-0.1, -0.05) is 18.1 Å². The van der Waals surface area contributed by atoms with Crippen LogP contribution in [0.2, 0.25) is 0 Å². The minimum absolute atomic E-state index is 0.0603. The third-order valence-electron chi connectivity index (χ3n) is 5.78. The van der Waals surface area contributed by atoms with Gasteiger partial charge in [0.15, 0.2) is 0 Å². The number of benzene rings is 2. The molecule has 1 aliphatic rings. The zero-order valence-corrected chi connectivity index (χ0v) is 19.5. The number of aromatic nitrogens is 3. The molecule has 0 atom stereocenters. The van der Waals surface area contributed by atoms with Gasteiger partial charge in [0.2, 0.25) is 11.7 Å². The van der Waals surface area contributed by atoms with E-state index in [1.807, 2.05) is 6.92 Å². The molecule has 0 bridgehead atoms. The first-order valence-electron chi connectivity index (χ1n) is 10.8. The van der Waals surface area contributed by atoms with E-state index in [1.165, 1.54) is 18.3 Å². The number of hydrogen-bond acceptors (Lipinski definition) is 8. The standard InChI is InChI=1S/C24H22N6O4S/c1-24(11-12-24)23(31)27-17-3-2-4-18(13-17)30-35(32,33)19-8-5-15(6-9-19)21-28-22(34-29-21)20-10-7-16(25)14-26-20/h2-10,13-14,30H,11-12,25H2,1H3,(H,27,31). The molecule has 4 aromatic rings. The summed E-state index contributed by atoms with van der Waals surface area (Å²) in [6.07, 6.45) is 3.19. The van der Waals surface area contributed by atoms with E-state index in [-0.39, 0.29) is 22.1 Å². The molecule has 1 aliphatic carbocycles. The van der Waals surface area contributed by atoms with E-state index < -0.39 is 10.0 Å². The van der Waals surface area contributed by atoms with E-state index in [1.54, 1.807) is 48.5 Å². The van der Waals surface area contributed by atoms with E-state index in [9.17, 15) is 13.2 Å². The number of sulfonamides is 1. The van der Waals surface area contributed by atoms with Crippen LogP contribution >= 0.6 is 0 Å². The summed E-state index contributed by atoms with van der Waals surface area (Å²) in [6, 6.07) is 16.0. The van der Waals surface area contributed by atoms with Gasteiger partial charge in [0.25, 0.3) is 15.9 Å². The average Bonchev–Trinajstić information content (AvgIpc) is 3.40. The molecule has 2 heterocycles. The lowest BCUT2D eigenvalue weighted by Crippen LogP contribution is -2.21. The summed E-state index contributed by atoms with van der Waals surface area (Å²) in [5, 5.41) is 6.79. The summed E-state index contributed by atoms with van der Waals surface area (Å²) in [6.45, 7) is 1.91. The SMILES string of the molecule is CC1(C(=O)Nc2cccc(NS(=O)(=O)c3ccc(-c4noc(-c5ccc(N)cn5)n4)cc3)c2)CC1. The third-order valence-corrected chi connectivity index (χ3v) is 7.17. The smallest absolute Gasteiger partial charge is 0.276 e. The molecule has 0 radical (unpaired) electrons. The van der Waals surface area contributed by atoms with Crippen molar-refractivity contribution in [1.29, 1.82) is 0 Å². The number of nitrogens with zero attached hydrogens (tertiary/aromatic N) is 3. The van der Waals surface area contributed by atoms with E-state index in [4.69, 9.17) is 10.3 Å². The number of nitrogen functional groups attached to an aromatic ring is 1. The number of nitrogens with two attached hydrogens (primary N) is 1. The highest BCUT2D eigenvalue weighted by molar-refractivity contribution is 7.92. The van der Waals surface area contributed by atoms with E-state index in [0.717, 1.165) is 12.8 Å². The van der Waals surface area contributed by atoms with Crippen LogP contribution in [0.1, 0.15) is 19.8 Å². The van der Waals surface area contributed by atoms with E-state index >= 15 is 0 Å². The second-order valence-electron chi connectivity index (χ2n) is 8.63. The van der Waals surface area contributed by atoms with Gasteiger partial charge in [-0.05, 0) is 67.4 Å². The van der Waals surface area contributed by atoms with Gasteiger partial charge >= 0.3 is 0 Å². The van der Waals surface area contributed by atoms with Gasteiger partial charge in [-0.3, -0.25) is 9.52 Å². The minimum atomic E-state index is -3.86. The fraction of sp³-hybridized carbons (Fsp3) is 0.167. The lowest BCUT2D eigenvalue weighted by molar-refractivity contribution is -0.120. The number of nitrogens with one attached hydrogen (secondary N) is 2. The third kappa shape index (κ3) is 4.85. The van der Waals surface area contributed by atoms with E-state index in [2.05, 4.69) is 25.2 Å². The zero-order valence-electron chi connectivity index (χ0n) is 18.7. The number of hydrogen-bond donors (Lipinski definition) is 3. The molecule has 35 heavy (non-hydrogen) atoms. The molecule has 0 aliphatic heterocycles. The molecule has 11 heteroatoms. The molecule has 0 spiro atoms. The predicted molar refractivity (Wildman–Crippen MR) is 131 cm³/mol. The average molecular weight is 491 g/mol.